The molecule has 0 fully saturated rings. The fourth-order valence-electron chi connectivity index (χ4n) is 1.63. The maximum Gasteiger partial charge on any atom is 0.248 e. The number of carbonyl (C=O) groups is 1. The molecule has 0 spiro atoms. The van der Waals surface area contributed by atoms with Crippen molar-refractivity contribution in [3.63, 3.8) is 0 Å². The fraction of sp³-hybridized carbons (Fsp3) is 0.143. The zero-order valence-corrected chi connectivity index (χ0v) is 12.2. The molecule has 1 amide bonds. The quantitative estimate of drug-likeness (QED) is 0.943. The number of carbonyl (C=O) groups excluding carboxylic acids is 1. The van der Waals surface area contributed by atoms with Gasteiger partial charge in [-0.2, -0.15) is 0 Å². The Hall–Kier alpha value is -1.88. The van der Waals surface area contributed by atoms with Gasteiger partial charge in [-0.25, -0.2) is 4.98 Å². The Morgan fingerprint density at radius 1 is 1.26 bits per heavy atom. The number of halogens is 1. The molecule has 2 aromatic rings. The van der Waals surface area contributed by atoms with Crippen LogP contribution >= 0.6 is 15.9 Å². The number of hydrogen-bond donors (Lipinski definition) is 1. The van der Waals surface area contributed by atoms with E-state index in [0.29, 0.717) is 22.9 Å². The van der Waals surface area contributed by atoms with E-state index in [0.717, 1.165) is 10.0 Å². The van der Waals surface area contributed by atoms with Gasteiger partial charge in [-0.05, 0) is 37.6 Å². The summed E-state index contributed by atoms with van der Waals surface area (Å²) in [4.78, 5) is 15.4. The summed E-state index contributed by atoms with van der Waals surface area (Å²) in [6.45, 7) is 3.72. The van der Waals surface area contributed by atoms with Gasteiger partial charge in [0, 0.05) is 21.8 Å². The van der Waals surface area contributed by atoms with Crippen molar-refractivity contribution >= 4 is 21.8 Å². The highest BCUT2D eigenvalue weighted by Crippen LogP contribution is 2.27. The molecular formula is C14H13BrN2O2. The van der Waals surface area contributed by atoms with Crippen LogP contribution in [0.3, 0.4) is 0 Å². The van der Waals surface area contributed by atoms with E-state index in [1.165, 1.54) is 6.07 Å². The van der Waals surface area contributed by atoms with Crippen molar-refractivity contribution in [3.8, 4) is 11.6 Å². The molecule has 0 radical (unpaired) electrons. The highest BCUT2D eigenvalue weighted by atomic mass is 79.9. The molecular weight excluding hydrogens is 308 g/mol. The molecule has 0 bridgehead atoms. The molecule has 0 aliphatic heterocycles. The number of hydrogen-bond acceptors (Lipinski definition) is 3. The minimum absolute atomic E-state index is 0.356. The number of nitrogens with two attached hydrogens (primary N) is 1. The molecule has 5 heteroatoms. The predicted molar refractivity (Wildman–Crippen MR) is 76.4 cm³/mol. The third-order valence-corrected chi connectivity index (χ3v) is 3.07. The van der Waals surface area contributed by atoms with E-state index >= 15 is 0 Å². The first-order valence-corrected chi connectivity index (χ1v) is 6.47. The van der Waals surface area contributed by atoms with Crippen molar-refractivity contribution in [2.45, 2.75) is 13.8 Å². The smallest absolute Gasteiger partial charge is 0.248 e. The van der Waals surface area contributed by atoms with Gasteiger partial charge in [-0.3, -0.25) is 4.79 Å². The Kier molecular flexibility index (Phi) is 3.85. The molecule has 4 nitrogen and oxygen atoms in total. The number of amides is 1. The molecule has 1 aromatic heterocycles. The van der Waals surface area contributed by atoms with Crippen LogP contribution in [0.4, 0.5) is 0 Å². The van der Waals surface area contributed by atoms with Crippen LogP contribution in [0.25, 0.3) is 0 Å². The van der Waals surface area contributed by atoms with Crippen LogP contribution in [0.15, 0.2) is 34.8 Å². The van der Waals surface area contributed by atoms with Crippen molar-refractivity contribution in [1.29, 1.82) is 0 Å². The maximum absolute atomic E-state index is 11.2. The van der Waals surface area contributed by atoms with E-state index in [-0.39, 0.29) is 0 Å². The Bertz CT molecular complexity index is 641. The molecule has 2 N–H and O–H groups in total. The molecule has 0 saturated carbocycles. The molecule has 98 valence electrons. The van der Waals surface area contributed by atoms with Gasteiger partial charge in [-0.15, -0.1) is 0 Å². The first-order valence-electron chi connectivity index (χ1n) is 5.68. The second kappa shape index (κ2) is 5.40. The predicted octanol–water partition coefficient (Wildman–Crippen LogP) is 3.35. The zero-order chi connectivity index (χ0) is 14.0. The normalized spacial score (nSPS) is 10.3. The van der Waals surface area contributed by atoms with Crippen LogP contribution in [0.2, 0.25) is 0 Å². The fourth-order valence-corrected chi connectivity index (χ4v) is 1.97. The summed E-state index contributed by atoms with van der Waals surface area (Å²) in [7, 11) is 0. The minimum atomic E-state index is -0.499. The molecule has 0 aliphatic carbocycles. The number of pyridine rings is 1. The van der Waals surface area contributed by atoms with Crippen LogP contribution in [0, 0.1) is 13.8 Å². The Balaban J connectivity index is 2.38. The first-order chi connectivity index (χ1) is 8.95. The number of ether oxygens (including phenoxy) is 1. The van der Waals surface area contributed by atoms with E-state index in [2.05, 4.69) is 20.9 Å². The van der Waals surface area contributed by atoms with Gasteiger partial charge in [0.2, 0.25) is 11.8 Å². The minimum Gasteiger partial charge on any atom is -0.439 e. The second-order valence-electron chi connectivity index (χ2n) is 4.21. The number of aryl methyl sites for hydroxylation is 2. The third-order valence-electron chi connectivity index (χ3n) is 2.58. The van der Waals surface area contributed by atoms with Gasteiger partial charge in [-0.1, -0.05) is 22.0 Å². The first kappa shape index (κ1) is 13.5. The molecule has 0 aliphatic rings. The monoisotopic (exact) mass is 320 g/mol. The SMILES string of the molecule is Cc1cc(C(N)=O)cc(Oc2cc(Br)ccc2C)n1. The lowest BCUT2D eigenvalue weighted by molar-refractivity contribution is 0.0999. The van der Waals surface area contributed by atoms with E-state index in [4.69, 9.17) is 10.5 Å². The lowest BCUT2D eigenvalue weighted by Crippen LogP contribution is -2.11. The summed E-state index contributed by atoms with van der Waals surface area (Å²) in [6, 6.07) is 8.88. The van der Waals surface area contributed by atoms with Crippen LogP contribution in [0.5, 0.6) is 11.6 Å². The second-order valence-corrected chi connectivity index (χ2v) is 5.13. The summed E-state index contributed by atoms with van der Waals surface area (Å²) in [5, 5.41) is 0. The van der Waals surface area contributed by atoms with Crippen molar-refractivity contribution in [1.82, 2.24) is 4.98 Å². The van der Waals surface area contributed by atoms with Gasteiger partial charge in [0.05, 0.1) is 0 Å². The van der Waals surface area contributed by atoms with E-state index in [1.807, 2.05) is 25.1 Å². The average molecular weight is 321 g/mol. The Morgan fingerprint density at radius 2 is 2.00 bits per heavy atom. The molecule has 0 saturated heterocycles. The van der Waals surface area contributed by atoms with E-state index in [9.17, 15) is 4.79 Å². The topological polar surface area (TPSA) is 65.2 Å². The van der Waals surface area contributed by atoms with Crippen molar-refractivity contribution in [2.75, 3.05) is 0 Å². The van der Waals surface area contributed by atoms with E-state index < -0.39 is 5.91 Å². The van der Waals surface area contributed by atoms with Gasteiger partial charge in [0.15, 0.2) is 0 Å². The number of aromatic nitrogens is 1. The van der Waals surface area contributed by atoms with Crippen LogP contribution < -0.4 is 10.5 Å². The molecule has 0 unspecified atom stereocenters. The van der Waals surface area contributed by atoms with Gasteiger partial charge in [0.1, 0.15) is 5.75 Å². The third kappa shape index (κ3) is 3.32. The zero-order valence-electron chi connectivity index (χ0n) is 10.6. The summed E-state index contributed by atoms with van der Waals surface area (Å²) in [5.74, 6) is 0.541. The molecule has 1 aromatic carbocycles. The molecule has 2 rings (SSSR count). The lowest BCUT2D eigenvalue weighted by atomic mass is 10.2. The summed E-state index contributed by atoms with van der Waals surface area (Å²) >= 11 is 3.39. The Labute approximate surface area is 119 Å². The summed E-state index contributed by atoms with van der Waals surface area (Å²) in [6.07, 6.45) is 0. The summed E-state index contributed by atoms with van der Waals surface area (Å²) in [5.41, 5.74) is 7.31. The molecule has 19 heavy (non-hydrogen) atoms. The van der Waals surface area contributed by atoms with Crippen molar-refractivity contribution < 1.29 is 9.53 Å². The number of benzene rings is 1. The standard InChI is InChI=1S/C14H13BrN2O2/c1-8-3-4-11(15)7-12(8)19-13-6-10(14(16)18)5-9(2)17-13/h3-7H,1-2H3,(H2,16,18). The van der Waals surface area contributed by atoms with Gasteiger partial charge in [0.25, 0.3) is 0 Å². The number of rotatable bonds is 3. The summed E-state index contributed by atoms with van der Waals surface area (Å²) < 4.78 is 6.63. The van der Waals surface area contributed by atoms with Crippen LogP contribution in [0.1, 0.15) is 21.6 Å². The number of primary amides is 1. The Morgan fingerprint density at radius 3 is 2.68 bits per heavy atom. The van der Waals surface area contributed by atoms with Crippen LogP contribution in [-0.4, -0.2) is 10.9 Å². The molecule has 0 atom stereocenters. The lowest BCUT2D eigenvalue weighted by Gasteiger charge is -2.09. The molecule has 1 heterocycles. The van der Waals surface area contributed by atoms with Gasteiger partial charge >= 0.3 is 0 Å². The average Bonchev–Trinajstić information content (AvgIpc) is 2.33. The highest BCUT2D eigenvalue weighted by Gasteiger charge is 2.08. The van der Waals surface area contributed by atoms with Crippen molar-refractivity contribution in [3.05, 3.63) is 51.6 Å². The van der Waals surface area contributed by atoms with Gasteiger partial charge < -0.3 is 10.5 Å². The highest BCUT2D eigenvalue weighted by molar-refractivity contribution is 9.10. The number of nitrogens with zero attached hydrogens (tertiary/aromatic N) is 1. The maximum atomic E-state index is 11.2. The largest absolute Gasteiger partial charge is 0.439 e. The van der Waals surface area contributed by atoms with Crippen molar-refractivity contribution in [2.24, 2.45) is 5.73 Å². The van der Waals surface area contributed by atoms with E-state index in [1.54, 1.807) is 13.0 Å². The van der Waals surface area contributed by atoms with Crippen LogP contribution in [-0.2, 0) is 0 Å².